The van der Waals surface area contributed by atoms with Crippen LogP contribution in [-0.4, -0.2) is 10.2 Å². The zero-order chi connectivity index (χ0) is 15.1. The summed E-state index contributed by atoms with van der Waals surface area (Å²) in [6.45, 7) is 12.3. The molecule has 2 nitrogen and oxygen atoms in total. The Morgan fingerprint density at radius 3 is 2.30 bits per heavy atom. The van der Waals surface area contributed by atoms with Crippen LogP contribution in [-0.2, 0) is 0 Å². The summed E-state index contributed by atoms with van der Waals surface area (Å²) in [5, 5.41) is 20.6. The van der Waals surface area contributed by atoms with Crippen molar-refractivity contribution in [2.24, 2.45) is 5.41 Å². The van der Waals surface area contributed by atoms with Crippen molar-refractivity contribution in [1.29, 1.82) is 0 Å². The molecule has 0 aliphatic heterocycles. The minimum atomic E-state index is -0.135. The Bertz CT molecular complexity index is 560. The van der Waals surface area contributed by atoms with E-state index < -0.39 is 0 Å². The van der Waals surface area contributed by atoms with Crippen LogP contribution in [0, 0.1) is 12.3 Å². The first-order valence-corrected chi connectivity index (χ1v) is 7.11. The second kappa shape index (κ2) is 5.01. The smallest absolute Gasteiger partial charge is 0.123 e. The summed E-state index contributed by atoms with van der Waals surface area (Å²) in [5.41, 5.74) is 3.74. The zero-order valence-corrected chi connectivity index (χ0v) is 12.8. The van der Waals surface area contributed by atoms with Crippen molar-refractivity contribution >= 4 is 0 Å². The highest BCUT2D eigenvalue weighted by molar-refractivity contribution is 5.52. The van der Waals surface area contributed by atoms with Gasteiger partial charge in [0, 0.05) is 11.5 Å². The molecule has 0 aromatic heterocycles. The Labute approximate surface area is 121 Å². The van der Waals surface area contributed by atoms with Gasteiger partial charge in [-0.05, 0) is 56.7 Å². The van der Waals surface area contributed by atoms with E-state index in [0.717, 1.165) is 24.0 Å². The molecule has 0 bridgehead atoms. The summed E-state index contributed by atoms with van der Waals surface area (Å²) in [5.74, 6) is 0.311. The summed E-state index contributed by atoms with van der Waals surface area (Å²) in [4.78, 5) is 0. The molecule has 20 heavy (non-hydrogen) atoms. The van der Waals surface area contributed by atoms with Gasteiger partial charge in [0.05, 0.1) is 0 Å². The number of aryl methyl sites for hydroxylation is 1. The summed E-state index contributed by atoms with van der Waals surface area (Å²) < 4.78 is 0. The predicted molar refractivity (Wildman–Crippen MR) is 83.2 cm³/mol. The molecule has 2 atom stereocenters. The maximum absolute atomic E-state index is 10.3. The monoisotopic (exact) mass is 272 g/mol. The third-order valence-corrected chi connectivity index (χ3v) is 4.74. The number of benzene rings is 1. The first kappa shape index (κ1) is 14.7. The summed E-state index contributed by atoms with van der Waals surface area (Å²) >= 11 is 0. The van der Waals surface area contributed by atoms with Gasteiger partial charge in [-0.2, -0.15) is 0 Å². The van der Waals surface area contributed by atoms with Gasteiger partial charge in [-0.3, -0.25) is 0 Å². The quantitative estimate of drug-likeness (QED) is 0.758. The van der Waals surface area contributed by atoms with Crippen molar-refractivity contribution in [3.8, 4) is 11.5 Å². The lowest BCUT2D eigenvalue weighted by Crippen LogP contribution is -2.29. The topological polar surface area (TPSA) is 40.5 Å². The van der Waals surface area contributed by atoms with E-state index in [1.54, 1.807) is 12.1 Å². The molecule has 2 rings (SSSR count). The molecule has 0 unspecified atom stereocenters. The van der Waals surface area contributed by atoms with E-state index in [0.29, 0.717) is 5.56 Å². The second-order valence-corrected chi connectivity index (χ2v) is 6.41. The Morgan fingerprint density at radius 1 is 1.25 bits per heavy atom. The van der Waals surface area contributed by atoms with Crippen molar-refractivity contribution in [2.75, 3.05) is 0 Å². The molecule has 2 heteroatoms. The van der Waals surface area contributed by atoms with E-state index in [1.807, 2.05) is 13.8 Å². The summed E-state index contributed by atoms with van der Waals surface area (Å²) in [6, 6.07) is 3.43. The third kappa shape index (κ3) is 2.35. The normalized spacial score (nSPS) is 26.2. The lowest BCUT2D eigenvalue weighted by atomic mass is 9.63. The van der Waals surface area contributed by atoms with E-state index >= 15 is 0 Å². The largest absolute Gasteiger partial charge is 0.507 e. The van der Waals surface area contributed by atoms with Crippen LogP contribution in [0.25, 0.3) is 0 Å². The molecule has 1 aromatic carbocycles. The zero-order valence-electron chi connectivity index (χ0n) is 12.8. The molecule has 0 saturated carbocycles. The van der Waals surface area contributed by atoms with Crippen LogP contribution in [0.1, 0.15) is 50.7 Å². The summed E-state index contributed by atoms with van der Waals surface area (Å²) in [6.07, 6.45) is 4.19. The van der Waals surface area contributed by atoms with Crippen molar-refractivity contribution < 1.29 is 10.2 Å². The van der Waals surface area contributed by atoms with Crippen LogP contribution < -0.4 is 0 Å². The SMILES string of the molecule is C=C(C)[C@]1(C)CCC(C)=C[C@H]1c1c(O)cc(C)cc1O. The van der Waals surface area contributed by atoms with Gasteiger partial charge in [0.2, 0.25) is 0 Å². The molecule has 0 amide bonds. The van der Waals surface area contributed by atoms with E-state index in [4.69, 9.17) is 0 Å². The lowest BCUT2D eigenvalue weighted by molar-refractivity contribution is 0.297. The van der Waals surface area contributed by atoms with Gasteiger partial charge < -0.3 is 10.2 Å². The van der Waals surface area contributed by atoms with Gasteiger partial charge in [-0.1, -0.05) is 30.7 Å². The highest BCUT2D eigenvalue weighted by Crippen LogP contribution is 2.53. The van der Waals surface area contributed by atoms with E-state index in [9.17, 15) is 10.2 Å². The van der Waals surface area contributed by atoms with Crippen molar-refractivity contribution in [1.82, 2.24) is 0 Å². The Morgan fingerprint density at radius 2 is 1.80 bits per heavy atom. The molecule has 1 aromatic rings. The van der Waals surface area contributed by atoms with Gasteiger partial charge in [0.15, 0.2) is 0 Å². The average Bonchev–Trinajstić information content (AvgIpc) is 2.32. The van der Waals surface area contributed by atoms with Gasteiger partial charge in [0.1, 0.15) is 11.5 Å². The fraction of sp³-hybridized carbons (Fsp3) is 0.444. The maximum atomic E-state index is 10.3. The van der Waals surface area contributed by atoms with E-state index in [1.165, 1.54) is 5.57 Å². The van der Waals surface area contributed by atoms with Crippen LogP contribution in [0.2, 0.25) is 0 Å². The molecular weight excluding hydrogens is 248 g/mol. The Balaban J connectivity index is 2.64. The number of hydrogen-bond donors (Lipinski definition) is 2. The van der Waals surface area contributed by atoms with Crippen LogP contribution in [0.4, 0.5) is 0 Å². The van der Waals surface area contributed by atoms with Crippen molar-refractivity contribution in [2.45, 2.75) is 46.5 Å². The molecule has 1 aliphatic rings. The van der Waals surface area contributed by atoms with Crippen LogP contribution in [0.5, 0.6) is 11.5 Å². The Hall–Kier alpha value is -1.70. The first-order valence-electron chi connectivity index (χ1n) is 7.11. The molecule has 0 saturated heterocycles. The molecule has 2 N–H and O–H groups in total. The molecule has 0 fully saturated rings. The number of allylic oxidation sites excluding steroid dienone is 3. The molecule has 1 aliphatic carbocycles. The summed E-state index contributed by atoms with van der Waals surface area (Å²) in [7, 11) is 0. The van der Waals surface area contributed by atoms with E-state index in [2.05, 4.69) is 26.5 Å². The fourth-order valence-electron chi connectivity index (χ4n) is 3.12. The van der Waals surface area contributed by atoms with Gasteiger partial charge >= 0.3 is 0 Å². The van der Waals surface area contributed by atoms with Crippen LogP contribution >= 0.6 is 0 Å². The number of phenols is 2. The van der Waals surface area contributed by atoms with Crippen molar-refractivity contribution in [3.05, 3.63) is 47.1 Å². The second-order valence-electron chi connectivity index (χ2n) is 6.41. The minimum absolute atomic E-state index is 0.0330. The number of hydrogen-bond acceptors (Lipinski definition) is 2. The standard InChI is InChI=1S/C18H24O2/c1-11(2)18(5)7-6-12(3)8-14(18)17-15(19)9-13(4)10-16(17)20/h8-10,14,19-20H,1,6-7H2,2-5H3/t14-,18-/m0/s1. The lowest BCUT2D eigenvalue weighted by Gasteiger charge is -2.41. The molecular formula is C18H24O2. The van der Waals surface area contributed by atoms with Gasteiger partial charge in [0.25, 0.3) is 0 Å². The van der Waals surface area contributed by atoms with E-state index in [-0.39, 0.29) is 22.8 Å². The number of rotatable bonds is 2. The minimum Gasteiger partial charge on any atom is -0.507 e. The maximum Gasteiger partial charge on any atom is 0.123 e. The highest BCUT2D eigenvalue weighted by atomic mass is 16.3. The molecule has 0 spiro atoms. The van der Waals surface area contributed by atoms with Crippen molar-refractivity contribution in [3.63, 3.8) is 0 Å². The Kier molecular flexibility index (Phi) is 3.68. The van der Waals surface area contributed by atoms with Gasteiger partial charge in [-0.25, -0.2) is 0 Å². The molecule has 0 heterocycles. The molecule has 108 valence electrons. The van der Waals surface area contributed by atoms with Crippen LogP contribution in [0.3, 0.4) is 0 Å². The number of phenolic OH excluding ortho intramolecular Hbond substituents is 2. The predicted octanol–water partition coefficient (Wildman–Crippen LogP) is 4.81. The molecule has 0 radical (unpaired) electrons. The number of aromatic hydroxyl groups is 2. The van der Waals surface area contributed by atoms with Crippen LogP contribution in [0.15, 0.2) is 35.9 Å². The fourth-order valence-corrected chi connectivity index (χ4v) is 3.12. The van der Waals surface area contributed by atoms with Gasteiger partial charge in [-0.15, -0.1) is 0 Å². The highest BCUT2D eigenvalue weighted by Gasteiger charge is 2.39. The average molecular weight is 272 g/mol. The third-order valence-electron chi connectivity index (χ3n) is 4.74. The first-order chi connectivity index (χ1) is 9.25.